The van der Waals surface area contributed by atoms with Crippen LogP contribution in [0, 0.1) is 0 Å². The molecule has 0 saturated carbocycles. The van der Waals surface area contributed by atoms with Crippen LogP contribution >= 0.6 is 34.8 Å². The van der Waals surface area contributed by atoms with Gasteiger partial charge in [-0.25, -0.2) is 9.36 Å². The van der Waals surface area contributed by atoms with Crippen molar-refractivity contribution < 1.29 is 9.63 Å². The van der Waals surface area contributed by atoms with Gasteiger partial charge in [0.25, 0.3) is 5.56 Å². The van der Waals surface area contributed by atoms with Gasteiger partial charge in [-0.15, -0.1) is 0 Å². The molecule has 26 heavy (non-hydrogen) atoms. The molecule has 3 aromatic rings. The van der Waals surface area contributed by atoms with E-state index in [9.17, 15) is 14.7 Å². The topological polar surface area (TPSA) is 114 Å². The monoisotopic (exact) mass is 416 g/mol. The van der Waals surface area contributed by atoms with Gasteiger partial charge in [-0.3, -0.25) is 9.78 Å². The van der Waals surface area contributed by atoms with E-state index < -0.39 is 17.4 Å². The van der Waals surface area contributed by atoms with Gasteiger partial charge in [-0.05, 0) is 17.7 Å². The van der Waals surface area contributed by atoms with Gasteiger partial charge in [0.05, 0.1) is 6.10 Å². The summed E-state index contributed by atoms with van der Waals surface area (Å²) in [5.74, 6) is 0.223. The summed E-state index contributed by atoms with van der Waals surface area (Å²) in [5, 5.41) is 13.9. The first-order valence-electron chi connectivity index (χ1n) is 7.28. The van der Waals surface area contributed by atoms with Gasteiger partial charge in [-0.2, -0.15) is 4.98 Å². The molecule has 0 bridgehead atoms. The molecule has 2 N–H and O–H groups in total. The van der Waals surface area contributed by atoms with Crippen LogP contribution < -0.4 is 11.2 Å². The largest absolute Gasteiger partial charge is 0.388 e. The van der Waals surface area contributed by atoms with Crippen molar-refractivity contribution in [1.82, 2.24) is 19.7 Å². The minimum Gasteiger partial charge on any atom is -0.388 e. The number of aromatic amines is 1. The van der Waals surface area contributed by atoms with E-state index in [4.69, 9.17) is 39.3 Å². The molecule has 1 aromatic carbocycles. The number of H-pyrrole nitrogens is 1. The Hall–Kier alpha value is -2.13. The Morgan fingerprint density at radius 2 is 1.88 bits per heavy atom. The highest BCUT2D eigenvalue weighted by molar-refractivity contribution is 6.40. The Bertz CT molecular complexity index is 1040. The number of nitrogens with zero attached hydrogens (tertiary/aromatic N) is 3. The molecule has 2 heterocycles. The van der Waals surface area contributed by atoms with Crippen LogP contribution in [0.3, 0.4) is 0 Å². The van der Waals surface area contributed by atoms with Crippen molar-refractivity contribution in [2.24, 2.45) is 0 Å². The number of aliphatic hydroxyl groups is 1. The van der Waals surface area contributed by atoms with Gasteiger partial charge in [0, 0.05) is 11.4 Å². The first-order valence-corrected chi connectivity index (χ1v) is 8.41. The maximum atomic E-state index is 12.0. The van der Waals surface area contributed by atoms with Crippen LogP contribution in [0.15, 0.2) is 38.4 Å². The van der Waals surface area contributed by atoms with Gasteiger partial charge in [0.15, 0.2) is 5.82 Å². The molecule has 11 heteroatoms. The molecular formula is C15H11Cl3N4O4. The lowest BCUT2D eigenvalue weighted by Crippen LogP contribution is -2.35. The first-order chi connectivity index (χ1) is 12.3. The molecule has 0 aliphatic carbocycles. The van der Waals surface area contributed by atoms with Crippen LogP contribution in [0.4, 0.5) is 0 Å². The lowest BCUT2D eigenvalue weighted by molar-refractivity contribution is 0.174. The second-order valence-corrected chi connectivity index (χ2v) is 6.52. The molecule has 0 amide bonds. The van der Waals surface area contributed by atoms with E-state index in [1.807, 2.05) is 0 Å². The van der Waals surface area contributed by atoms with Crippen molar-refractivity contribution in [2.45, 2.75) is 19.1 Å². The van der Waals surface area contributed by atoms with Crippen molar-refractivity contribution in [3.05, 3.63) is 77.6 Å². The predicted octanol–water partition coefficient (Wildman–Crippen LogP) is 2.20. The van der Waals surface area contributed by atoms with Crippen molar-refractivity contribution in [3.8, 4) is 0 Å². The van der Waals surface area contributed by atoms with E-state index in [1.165, 1.54) is 0 Å². The summed E-state index contributed by atoms with van der Waals surface area (Å²) in [6.45, 7) is -0.283. The molecule has 0 spiro atoms. The van der Waals surface area contributed by atoms with Gasteiger partial charge < -0.3 is 9.63 Å². The highest BCUT2D eigenvalue weighted by Crippen LogP contribution is 2.19. The number of halogens is 3. The van der Waals surface area contributed by atoms with Gasteiger partial charge >= 0.3 is 5.69 Å². The SMILES string of the molecule is O=c1[nH]c(Cl)c(Cl)c(=O)n1Cc1nc(C[C@H](O)c2ccc(Cl)cc2)no1. The fourth-order valence-corrected chi connectivity index (χ4v) is 2.65. The molecular weight excluding hydrogens is 407 g/mol. The molecule has 0 aliphatic rings. The van der Waals surface area contributed by atoms with Crippen molar-refractivity contribution in [3.63, 3.8) is 0 Å². The van der Waals surface area contributed by atoms with Crippen molar-refractivity contribution in [2.75, 3.05) is 0 Å². The number of benzene rings is 1. The molecule has 136 valence electrons. The standard InChI is InChI=1S/C15H11Cl3N4O4/c16-8-3-1-7(2-4-8)9(23)5-10-19-11(26-21-10)6-22-14(24)12(17)13(18)20-15(22)25/h1-4,9,23H,5-6H2,(H,20,25)/t9-/m0/s1. The number of rotatable bonds is 5. The first kappa shape index (κ1) is 18.7. The predicted molar refractivity (Wildman–Crippen MR) is 94.9 cm³/mol. The zero-order valence-corrected chi connectivity index (χ0v) is 15.2. The van der Waals surface area contributed by atoms with E-state index in [0.29, 0.717) is 10.6 Å². The average Bonchev–Trinajstić information content (AvgIpc) is 3.04. The summed E-state index contributed by atoms with van der Waals surface area (Å²) in [4.78, 5) is 30.1. The molecule has 0 aliphatic heterocycles. The number of aliphatic hydroxyl groups excluding tert-OH is 1. The van der Waals surface area contributed by atoms with Gasteiger partial charge in [0.1, 0.15) is 16.7 Å². The van der Waals surface area contributed by atoms with Crippen LogP contribution in [0.5, 0.6) is 0 Å². The zero-order valence-electron chi connectivity index (χ0n) is 12.9. The van der Waals surface area contributed by atoms with Crippen molar-refractivity contribution in [1.29, 1.82) is 0 Å². The molecule has 1 atom stereocenters. The Balaban J connectivity index is 1.77. The van der Waals surface area contributed by atoms with Crippen LogP contribution in [0.2, 0.25) is 15.2 Å². The number of aromatic nitrogens is 4. The van der Waals surface area contributed by atoms with E-state index in [1.54, 1.807) is 24.3 Å². The highest BCUT2D eigenvalue weighted by atomic mass is 35.5. The molecule has 0 unspecified atom stereocenters. The fraction of sp³-hybridized carbons (Fsp3) is 0.200. The second kappa shape index (κ2) is 7.63. The van der Waals surface area contributed by atoms with E-state index >= 15 is 0 Å². The molecule has 3 rings (SSSR count). The summed E-state index contributed by atoms with van der Waals surface area (Å²) < 4.78 is 5.80. The number of hydrogen-bond donors (Lipinski definition) is 2. The lowest BCUT2D eigenvalue weighted by Gasteiger charge is -2.08. The quantitative estimate of drug-likeness (QED) is 0.615. The maximum Gasteiger partial charge on any atom is 0.330 e. The Morgan fingerprint density at radius 1 is 1.19 bits per heavy atom. The summed E-state index contributed by atoms with van der Waals surface area (Å²) in [6.07, 6.45) is -0.786. The van der Waals surface area contributed by atoms with E-state index in [2.05, 4.69) is 15.1 Å². The summed E-state index contributed by atoms with van der Waals surface area (Å²) in [5.41, 5.74) is -0.899. The smallest absolute Gasteiger partial charge is 0.330 e. The molecule has 0 fully saturated rings. The maximum absolute atomic E-state index is 12.0. The fourth-order valence-electron chi connectivity index (χ4n) is 2.21. The third-order valence-electron chi connectivity index (χ3n) is 3.52. The average molecular weight is 418 g/mol. The van der Waals surface area contributed by atoms with Gasteiger partial charge in [0.2, 0.25) is 5.89 Å². The second-order valence-electron chi connectivity index (χ2n) is 5.33. The Morgan fingerprint density at radius 3 is 2.58 bits per heavy atom. The van der Waals surface area contributed by atoms with E-state index in [0.717, 1.165) is 4.57 Å². The minimum atomic E-state index is -0.867. The van der Waals surface area contributed by atoms with E-state index in [-0.39, 0.29) is 34.9 Å². The summed E-state index contributed by atoms with van der Waals surface area (Å²) >= 11 is 17.2. The Labute approximate surface area is 161 Å². The van der Waals surface area contributed by atoms with Crippen LogP contribution in [0.1, 0.15) is 23.4 Å². The summed E-state index contributed by atoms with van der Waals surface area (Å²) in [7, 11) is 0. The number of nitrogens with one attached hydrogen (secondary N) is 1. The normalized spacial score (nSPS) is 12.3. The minimum absolute atomic E-state index is 0.00861. The molecule has 0 radical (unpaired) electrons. The third-order valence-corrected chi connectivity index (χ3v) is 4.50. The third kappa shape index (κ3) is 3.99. The van der Waals surface area contributed by atoms with Gasteiger partial charge in [-0.1, -0.05) is 52.1 Å². The zero-order chi connectivity index (χ0) is 18.8. The Kier molecular flexibility index (Phi) is 5.47. The number of hydrogen-bond acceptors (Lipinski definition) is 6. The highest BCUT2D eigenvalue weighted by Gasteiger charge is 2.17. The summed E-state index contributed by atoms with van der Waals surface area (Å²) in [6, 6.07) is 6.68. The molecule has 0 saturated heterocycles. The lowest BCUT2D eigenvalue weighted by atomic mass is 10.1. The molecule has 2 aromatic heterocycles. The molecule has 8 nitrogen and oxygen atoms in total. The van der Waals surface area contributed by atoms with Crippen LogP contribution in [-0.4, -0.2) is 24.8 Å². The van der Waals surface area contributed by atoms with Crippen molar-refractivity contribution >= 4 is 34.8 Å². The van der Waals surface area contributed by atoms with Crippen LogP contribution in [-0.2, 0) is 13.0 Å². The van der Waals surface area contributed by atoms with Crippen LogP contribution in [0.25, 0.3) is 0 Å².